The van der Waals surface area contributed by atoms with Gasteiger partial charge in [-0.3, -0.25) is 4.79 Å². The lowest BCUT2D eigenvalue weighted by atomic mass is 10.0. The molecule has 1 fully saturated rings. The van der Waals surface area contributed by atoms with Gasteiger partial charge in [0.15, 0.2) is 0 Å². The number of hydrogen-bond acceptors (Lipinski definition) is 3. The lowest BCUT2D eigenvalue weighted by molar-refractivity contribution is -0.125. The van der Waals surface area contributed by atoms with E-state index in [-0.39, 0.29) is 17.9 Å². The van der Waals surface area contributed by atoms with Crippen molar-refractivity contribution in [3.05, 3.63) is 21.3 Å². The Labute approximate surface area is 104 Å². The molecule has 0 aliphatic heterocycles. The van der Waals surface area contributed by atoms with Gasteiger partial charge < -0.3 is 11.1 Å². The second-order valence-electron chi connectivity index (χ2n) is 4.12. The van der Waals surface area contributed by atoms with E-state index < -0.39 is 0 Å². The normalized spacial score (nSPS) is 24.6. The molecule has 0 saturated heterocycles. The van der Waals surface area contributed by atoms with Gasteiger partial charge in [-0.15, -0.1) is 11.3 Å². The molecule has 1 aromatic rings. The average molecular weight is 259 g/mol. The van der Waals surface area contributed by atoms with Crippen LogP contribution in [-0.4, -0.2) is 11.9 Å². The largest absolute Gasteiger partial charge is 0.351 e. The Morgan fingerprint density at radius 1 is 1.56 bits per heavy atom. The summed E-state index contributed by atoms with van der Waals surface area (Å²) >= 11 is 7.30. The summed E-state index contributed by atoms with van der Waals surface area (Å²) in [5.41, 5.74) is 5.87. The molecule has 1 saturated carbocycles. The summed E-state index contributed by atoms with van der Waals surface area (Å²) in [7, 11) is 0. The second-order valence-corrected chi connectivity index (χ2v) is 5.92. The van der Waals surface area contributed by atoms with Gasteiger partial charge in [-0.25, -0.2) is 0 Å². The number of halogens is 1. The van der Waals surface area contributed by atoms with Gasteiger partial charge in [-0.05, 0) is 25.0 Å². The molecular formula is C11H15ClN2OS. The zero-order chi connectivity index (χ0) is 11.5. The smallest absolute Gasteiger partial charge is 0.224 e. The van der Waals surface area contributed by atoms with Crippen LogP contribution in [0.4, 0.5) is 0 Å². The lowest BCUT2D eigenvalue weighted by Crippen LogP contribution is -2.38. The minimum absolute atomic E-state index is 0.00423. The summed E-state index contributed by atoms with van der Waals surface area (Å²) in [5.74, 6) is 0.0740. The Morgan fingerprint density at radius 2 is 2.38 bits per heavy atom. The fourth-order valence-electron chi connectivity index (χ4n) is 2.07. The van der Waals surface area contributed by atoms with Gasteiger partial charge in [0.05, 0.1) is 16.8 Å². The summed E-state index contributed by atoms with van der Waals surface area (Å²) in [4.78, 5) is 12.9. The van der Waals surface area contributed by atoms with Gasteiger partial charge in [0.1, 0.15) is 0 Å². The molecule has 0 aromatic carbocycles. The van der Waals surface area contributed by atoms with E-state index in [0.717, 1.165) is 28.5 Å². The van der Waals surface area contributed by atoms with E-state index in [1.807, 2.05) is 12.1 Å². The van der Waals surface area contributed by atoms with Crippen molar-refractivity contribution in [1.82, 2.24) is 5.32 Å². The molecule has 2 unspecified atom stereocenters. The molecular weight excluding hydrogens is 244 g/mol. The highest BCUT2D eigenvalue weighted by atomic mass is 35.5. The molecule has 5 heteroatoms. The molecule has 1 heterocycles. The van der Waals surface area contributed by atoms with E-state index in [1.54, 1.807) is 0 Å². The molecule has 0 spiro atoms. The van der Waals surface area contributed by atoms with Crippen LogP contribution in [0, 0.1) is 5.92 Å². The molecule has 1 aromatic heterocycles. The first-order valence-corrected chi connectivity index (χ1v) is 6.64. The summed E-state index contributed by atoms with van der Waals surface area (Å²) in [5, 5.41) is 2.92. The third-order valence-electron chi connectivity index (χ3n) is 2.97. The highest BCUT2D eigenvalue weighted by Crippen LogP contribution is 2.25. The molecule has 2 atom stereocenters. The predicted molar refractivity (Wildman–Crippen MR) is 66.5 cm³/mol. The molecule has 1 aliphatic rings. The molecule has 16 heavy (non-hydrogen) atoms. The molecule has 1 aliphatic carbocycles. The number of rotatable bonds is 3. The maximum Gasteiger partial charge on any atom is 0.224 e. The number of thiophene rings is 1. The van der Waals surface area contributed by atoms with Gasteiger partial charge in [0.2, 0.25) is 5.91 Å². The van der Waals surface area contributed by atoms with E-state index in [4.69, 9.17) is 17.3 Å². The Hall–Kier alpha value is -0.580. The van der Waals surface area contributed by atoms with Crippen molar-refractivity contribution in [3.8, 4) is 0 Å². The first kappa shape index (κ1) is 11.9. The van der Waals surface area contributed by atoms with Crippen LogP contribution < -0.4 is 11.1 Å². The number of carbonyl (C=O) groups is 1. The number of nitrogens with one attached hydrogen (secondary N) is 1. The maximum atomic E-state index is 11.8. The molecule has 3 N–H and O–H groups in total. The minimum atomic E-state index is -0.00423. The zero-order valence-electron chi connectivity index (χ0n) is 8.91. The highest BCUT2D eigenvalue weighted by Gasteiger charge is 2.29. The van der Waals surface area contributed by atoms with Gasteiger partial charge in [-0.1, -0.05) is 18.0 Å². The monoisotopic (exact) mass is 258 g/mol. The lowest BCUT2D eigenvalue weighted by Gasteiger charge is -2.14. The molecule has 1 amide bonds. The van der Waals surface area contributed by atoms with E-state index in [0.29, 0.717) is 6.54 Å². The Bertz CT molecular complexity index is 380. The van der Waals surface area contributed by atoms with Crippen molar-refractivity contribution in [2.75, 3.05) is 0 Å². The van der Waals surface area contributed by atoms with Crippen molar-refractivity contribution < 1.29 is 4.79 Å². The van der Waals surface area contributed by atoms with E-state index in [1.165, 1.54) is 11.3 Å². The van der Waals surface area contributed by atoms with Gasteiger partial charge in [-0.2, -0.15) is 0 Å². The molecule has 0 bridgehead atoms. The molecule has 0 radical (unpaired) electrons. The van der Waals surface area contributed by atoms with Crippen molar-refractivity contribution in [2.45, 2.75) is 31.8 Å². The number of nitrogens with two attached hydrogens (primary N) is 1. The summed E-state index contributed by atoms with van der Waals surface area (Å²) < 4.78 is 0.752. The first-order chi connectivity index (χ1) is 7.66. The first-order valence-electron chi connectivity index (χ1n) is 5.44. The van der Waals surface area contributed by atoms with Crippen LogP contribution in [0.3, 0.4) is 0 Å². The number of amides is 1. The summed E-state index contributed by atoms with van der Waals surface area (Å²) in [6.45, 7) is 0.555. The van der Waals surface area contributed by atoms with Crippen LogP contribution in [-0.2, 0) is 11.3 Å². The second kappa shape index (κ2) is 5.17. The zero-order valence-corrected chi connectivity index (χ0v) is 10.5. The summed E-state index contributed by atoms with van der Waals surface area (Å²) in [6, 6.07) is 3.81. The van der Waals surface area contributed by atoms with Gasteiger partial charge in [0, 0.05) is 10.9 Å². The van der Waals surface area contributed by atoms with Crippen LogP contribution in [0.15, 0.2) is 12.1 Å². The van der Waals surface area contributed by atoms with Gasteiger partial charge >= 0.3 is 0 Å². The van der Waals surface area contributed by atoms with Crippen LogP contribution in [0.2, 0.25) is 4.34 Å². The number of carbonyl (C=O) groups excluding carboxylic acids is 1. The van der Waals surface area contributed by atoms with Crippen LogP contribution in [0.5, 0.6) is 0 Å². The van der Waals surface area contributed by atoms with Crippen LogP contribution in [0.1, 0.15) is 24.1 Å². The van der Waals surface area contributed by atoms with Crippen molar-refractivity contribution in [2.24, 2.45) is 11.7 Å². The fourth-order valence-corrected chi connectivity index (χ4v) is 3.09. The Kier molecular flexibility index (Phi) is 3.84. The highest BCUT2D eigenvalue weighted by molar-refractivity contribution is 7.16. The van der Waals surface area contributed by atoms with Crippen molar-refractivity contribution in [3.63, 3.8) is 0 Å². The maximum absolute atomic E-state index is 11.8. The summed E-state index contributed by atoms with van der Waals surface area (Å²) in [6.07, 6.45) is 2.94. The molecule has 2 rings (SSSR count). The van der Waals surface area contributed by atoms with Crippen molar-refractivity contribution in [1.29, 1.82) is 0 Å². The van der Waals surface area contributed by atoms with Gasteiger partial charge in [0.25, 0.3) is 0 Å². The third-order valence-corrected chi connectivity index (χ3v) is 4.20. The Balaban J connectivity index is 1.83. The Morgan fingerprint density at radius 3 is 2.94 bits per heavy atom. The fraction of sp³-hybridized carbons (Fsp3) is 0.545. The third kappa shape index (κ3) is 2.75. The predicted octanol–water partition coefficient (Wildman–Crippen LogP) is 2.15. The van der Waals surface area contributed by atoms with Crippen molar-refractivity contribution >= 4 is 28.8 Å². The standard InChI is InChI=1S/C11H15ClN2OS/c12-10-5-4-7(16-10)6-14-11(15)8-2-1-3-9(8)13/h4-5,8-9H,1-3,6,13H2,(H,14,15). The average Bonchev–Trinajstić information content (AvgIpc) is 2.84. The molecule has 88 valence electrons. The SMILES string of the molecule is NC1CCCC1C(=O)NCc1ccc(Cl)s1. The molecule has 3 nitrogen and oxygen atoms in total. The topological polar surface area (TPSA) is 55.1 Å². The van der Waals surface area contributed by atoms with E-state index in [9.17, 15) is 4.79 Å². The van der Waals surface area contributed by atoms with Crippen LogP contribution >= 0.6 is 22.9 Å². The minimum Gasteiger partial charge on any atom is -0.351 e. The van der Waals surface area contributed by atoms with Crippen LogP contribution in [0.25, 0.3) is 0 Å². The number of hydrogen-bond donors (Lipinski definition) is 2. The quantitative estimate of drug-likeness (QED) is 0.873. The van der Waals surface area contributed by atoms with E-state index >= 15 is 0 Å². The van der Waals surface area contributed by atoms with E-state index in [2.05, 4.69) is 5.32 Å².